The molecule has 9 heteroatoms. The fourth-order valence-corrected chi connectivity index (χ4v) is 0.325. The van der Waals surface area contributed by atoms with E-state index in [2.05, 4.69) is 4.28 Å². The van der Waals surface area contributed by atoms with Crippen LogP contribution in [-0.2, 0) is 19.5 Å². The van der Waals surface area contributed by atoms with Gasteiger partial charge in [0.25, 0.3) is 5.91 Å². The van der Waals surface area contributed by atoms with Crippen molar-refractivity contribution in [1.82, 2.24) is 5.48 Å². The van der Waals surface area contributed by atoms with Crippen molar-refractivity contribution in [3.05, 3.63) is 0 Å². The molecule has 0 aliphatic rings. The number of hydrogen-bond donors (Lipinski definition) is 2. The van der Waals surface area contributed by atoms with Crippen molar-refractivity contribution in [2.45, 2.75) is 0 Å². The van der Waals surface area contributed by atoms with Gasteiger partial charge in [-0.1, -0.05) is 0 Å². The summed E-state index contributed by atoms with van der Waals surface area (Å²) in [5.74, 6) is -1.11. The quantitative estimate of drug-likeness (QED) is 0.200. The summed E-state index contributed by atoms with van der Waals surface area (Å²) in [5.41, 5.74) is 1.18. The molecule has 0 heterocycles. The average Bonchev–Trinajstić information content (AvgIpc) is 1.81. The summed E-state index contributed by atoms with van der Waals surface area (Å²) in [4.78, 5) is 9.97. The van der Waals surface area contributed by atoms with E-state index in [1.165, 1.54) is 5.48 Å². The number of carbonyl (C=O) groups is 1. The van der Waals surface area contributed by atoms with Crippen LogP contribution in [0.3, 0.4) is 0 Å². The molecule has 7 nitrogen and oxygen atoms in total. The van der Waals surface area contributed by atoms with Crippen molar-refractivity contribution in [3.63, 3.8) is 0 Å². The molecule has 0 unspecified atom stereocenters. The van der Waals surface area contributed by atoms with Gasteiger partial charge in [0.2, 0.25) is 10.4 Å². The molecule has 0 saturated carbocycles. The fraction of sp³-hybridized carbons (Fsp3) is 0.500. The Hall–Kier alpha value is 0.300. The van der Waals surface area contributed by atoms with Gasteiger partial charge in [-0.2, -0.15) is 4.28 Å². The summed E-state index contributed by atoms with van der Waals surface area (Å²) >= 11 is 0. The third-order valence-corrected chi connectivity index (χ3v) is 0.689. The van der Waals surface area contributed by atoms with Crippen LogP contribution in [0.2, 0.25) is 0 Å². The maximum atomic E-state index is 9.97. The minimum absolute atomic E-state index is 0. The number of nitrogens with one attached hydrogen (secondary N) is 1. The van der Waals surface area contributed by atoms with Crippen molar-refractivity contribution in [3.8, 4) is 0 Å². The molecule has 0 atom stereocenters. The number of hydrogen-bond acceptors (Lipinski definition) is 6. The Morgan fingerprint density at radius 2 is 2.09 bits per heavy atom. The maximum Gasteiger partial charge on any atom is 1.00 e. The van der Waals surface area contributed by atoms with Gasteiger partial charge in [-0.3, -0.25) is 4.79 Å². The first-order valence-electron chi connectivity index (χ1n) is 1.99. The van der Waals surface area contributed by atoms with Gasteiger partial charge in [0, 0.05) is 0 Å². The number of aliphatic hydroxyl groups is 1. The maximum absolute atomic E-state index is 9.97. The van der Waals surface area contributed by atoms with E-state index in [-0.39, 0.29) is 29.6 Å². The number of amides is 1. The Morgan fingerprint density at radius 1 is 1.64 bits per heavy atom. The number of aliphatic hydroxyl groups excluding tert-OH is 1. The fourth-order valence-electron chi connectivity index (χ4n) is 0.130. The molecule has 0 bridgehead atoms. The molecule has 60 valence electrons. The molecule has 2 N–H and O–H groups in total. The standard InChI is InChI=1S/C2H5NO6S.Na/c4-1-2(5)3-9-10(6,7)8;/h4H,1H2,(H,3,5)(H,6,7,8);/q;+1/p-1. The van der Waals surface area contributed by atoms with Crippen LogP contribution >= 0.6 is 0 Å². The van der Waals surface area contributed by atoms with Gasteiger partial charge in [-0.25, -0.2) is 13.9 Å². The molecule has 0 saturated heterocycles. The van der Waals surface area contributed by atoms with Crippen LogP contribution in [0.4, 0.5) is 0 Å². The predicted molar refractivity (Wildman–Crippen MR) is 26.0 cm³/mol. The van der Waals surface area contributed by atoms with Gasteiger partial charge in [-0.05, 0) is 0 Å². The minimum atomic E-state index is -4.92. The second kappa shape index (κ2) is 5.89. The van der Waals surface area contributed by atoms with Crippen LogP contribution in [0.15, 0.2) is 0 Å². The number of hydroxylamine groups is 1. The van der Waals surface area contributed by atoms with Crippen LogP contribution < -0.4 is 35.0 Å². The predicted octanol–water partition coefficient (Wildman–Crippen LogP) is -5.51. The van der Waals surface area contributed by atoms with Gasteiger partial charge in [-0.15, -0.1) is 0 Å². The van der Waals surface area contributed by atoms with Gasteiger partial charge in [0.15, 0.2) is 0 Å². The zero-order valence-electron chi connectivity index (χ0n) is 5.60. The van der Waals surface area contributed by atoms with E-state index >= 15 is 0 Å². The van der Waals surface area contributed by atoms with E-state index in [1.807, 2.05) is 0 Å². The van der Waals surface area contributed by atoms with E-state index in [0.717, 1.165) is 0 Å². The Morgan fingerprint density at radius 3 is 2.36 bits per heavy atom. The van der Waals surface area contributed by atoms with Crippen LogP contribution in [0.25, 0.3) is 0 Å². The molecule has 1 amide bonds. The van der Waals surface area contributed by atoms with E-state index < -0.39 is 22.9 Å². The summed E-state index contributed by atoms with van der Waals surface area (Å²) in [6.45, 7) is -0.949. The first-order chi connectivity index (χ1) is 4.45. The average molecular weight is 193 g/mol. The monoisotopic (exact) mass is 193 g/mol. The molecule has 0 rings (SSSR count). The van der Waals surface area contributed by atoms with Crippen LogP contribution in [0, 0.1) is 0 Å². The summed E-state index contributed by atoms with van der Waals surface area (Å²) < 4.78 is 32.0. The Labute approximate surface area is 84.9 Å². The molecule has 0 spiro atoms. The van der Waals surface area contributed by atoms with E-state index in [0.29, 0.717) is 0 Å². The van der Waals surface area contributed by atoms with Gasteiger partial charge >= 0.3 is 29.6 Å². The van der Waals surface area contributed by atoms with Crippen molar-refractivity contribution in [1.29, 1.82) is 0 Å². The molecule has 0 aromatic rings. The third-order valence-electron chi connectivity index (χ3n) is 0.401. The van der Waals surface area contributed by atoms with Crippen molar-refractivity contribution < 1.29 is 56.7 Å². The van der Waals surface area contributed by atoms with E-state index in [9.17, 15) is 17.8 Å². The van der Waals surface area contributed by atoms with Crippen molar-refractivity contribution in [2.24, 2.45) is 0 Å². The van der Waals surface area contributed by atoms with E-state index in [4.69, 9.17) is 5.11 Å². The summed E-state index contributed by atoms with van der Waals surface area (Å²) in [6, 6.07) is 0. The van der Waals surface area contributed by atoms with Crippen molar-refractivity contribution in [2.75, 3.05) is 6.61 Å². The molecular formula is C2H4NNaO6S. The first-order valence-corrected chi connectivity index (χ1v) is 3.33. The second-order valence-corrected chi connectivity index (χ2v) is 2.16. The van der Waals surface area contributed by atoms with Crippen LogP contribution in [0.5, 0.6) is 0 Å². The smallest absolute Gasteiger partial charge is 0.724 e. The molecule has 0 aromatic heterocycles. The molecular weight excluding hydrogens is 189 g/mol. The van der Waals surface area contributed by atoms with Crippen LogP contribution in [0.1, 0.15) is 0 Å². The van der Waals surface area contributed by atoms with Gasteiger partial charge in [0.1, 0.15) is 6.61 Å². The topological polar surface area (TPSA) is 116 Å². The zero-order valence-corrected chi connectivity index (χ0v) is 8.42. The number of carbonyl (C=O) groups excluding carboxylic acids is 1. The van der Waals surface area contributed by atoms with Gasteiger partial charge < -0.3 is 9.66 Å². The summed E-state index contributed by atoms with van der Waals surface area (Å²) in [5, 5.41) is 7.94. The summed E-state index contributed by atoms with van der Waals surface area (Å²) in [6.07, 6.45) is 0. The van der Waals surface area contributed by atoms with Crippen molar-refractivity contribution >= 4 is 16.3 Å². The third kappa shape index (κ3) is 10.3. The molecule has 0 aliphatic carbocycles. The Bertz CT molecular complexity index is 211. The Kier molecular flexibility index (Phi) is 7.42. The number of rotatable bonds is 3. The first kappa shape index (κ1) is 13.9. The largest absolute Gasteiger partial charge is 1.00 e. The molecule has 0 aromatic carbocycles. The summed E-state index contributed by atoms with van der Waals surface area (Å²) in [7, 11) is -4.92. The zero-order chi connectivity index (χ0) is 8.20. The second-order valence-electron chi connectivity index (χ2n) is 1.17. The van der Waals surface area contributed by atoms with Crippen LogP contribution in [-0.4, -0.2) is 30.6 Å². The SMILES string of the molecule is O=C(CO)NOS(=O)(=O)[O-].[Na+]. The molecule has 11 heavy (non-hydrogen) atoms. The molecule has 0 radical (unpaired) electrons. The molecule has 0 fully saturated rings. The molecule has 0 aliphatic heterocycles. The Balaban J connectivity index is 0. The van der Waals surface area contributed by atoms with Gasteiger partial charge in [0.05, 0.1) is 0 Å². The minimum Gasteiger partial charge on any atom is -0.724 e. The normalized spacial score (nSPS) is 10.0. The van der Waals surface area contributed by atoms with E-state index in [1.54, 1.807) is 0 Å².